The lowest BCUT2D eigenvalue weighted by molar-refractivity contribution is -0.0494. The lowest BCUT2D eigenvalue weighted by Gasteiger charge is -2.17. The highest BCUT2D eigenvalue weighted by atomic mass is 19.3. The van der Waals surface area contributed by atoms with Crippen molar-refractivity contribution in [3.05, 3.63) is 24.0 Å². The summed E-state index contributed by atoms with van der Waals surface area (Å²) in [6.45, 7) is 1.02. The third kappa shape index (κ3) is 3.31. The predicted octanol–water partition coefficient (Wildman–Crippen LogP) is 4.86. The van der Waals surface area contributed by atoms with Crippen molar-refractivity contribution >= 4 is 5.82 Å². The number of pyridine rings is 1. The first-order valence-electron chi connectivity index (χ1n) is 9.38. The number of hydrogen-bond acceptors (Lipinski definition) is 4. The van der Waals surface area contributed by atoms with Crippen LogP contribution in [-0.4, -0.2) is 27.3 Å². The zero-order valence-electron chi connectivity index (χ0n) is 15.6. The van der Waals surface area contributed by atoms with Crippen molar-refractivity contribution in [1.29, 1.82) is 0 Å². The number of nitrogen functional groups attached to an aromatic ring is 1. The summed E-state index contributed by atoms with van der Waals surface area (Å²) < 4.78 is 58.6. The molecule has 0 saturated heterocycles. The van der Waals surface area contributed by atoms with Gasteiger partial charge >= 0.3 is 6.61 Å². The smallest absolute Gasteiger partial charge is 0.387 e. The summed E-state index contributed by atoms with van der Waals surface area (Å²) in [5.41, 5.74) is 7.55. The molecule has 5 nitrogen and oxygen atoms in total. The molecule has 2 aromatic heterocycles. The summed E-state index contributed by atoms with van der Waals surface area (Å²) in [6.07, 6.45) is 2.10. The van der Waals surface area contributed by atoms with E-state index < -0.39 is 12.5 Å². The SMILES string of the molecule is CCC(C)n1nc(-c2cnc(N)c(OC(F)F)c2)cc1C1C2CC(F)(F)CC21. The molecular formula is C19H22F4N4O. The monoisotopic (exact) mass is 398 g/mol. The van der Waals surface area contributed by atoms with E-state index in [0.717, 1.165) is 12.1 Å². The molecule has 0 spiro atoms. The average molecular weight is 398 g/mol. The van der Waals surface area contributed by atoms with E-state index in [0.29, 0.717) is 11.3 Å². The van der Waals surface area contributed by atoms with Crippen molar-refractivity contribution in [2.45, 2.75) is 57.6 Å². The Bertz CT molecular complexity index is 871. The Morgan fingerprint density at radius 1 is 1.29 bits per heavy atom. The van der Waals surface area contributed by atoms with Gasteiger partial charge in [0.1, 0.15) is 0 Å². The molecule has 28 heavy (non-hydrogen) atoms. The Balaban J connectivity index is 1.67. The fourth-order valence-corrected chi connectivity index (χ4v) is 4.32. The van der Waals surface area contributed by atoms with Crippen LogP contribution in [0.15, 0.2) is 18.3 Å². The first kappa shape index (κ1) is 19.0. The number of anilines is 1. The van der Waals surface area contributed by atoms with Crippen molar-refractivity contribution in [2.75, 3.05) is 5.73 Å². The number of nitrogens with two attached hydrogens (primary N) is 1. The molecule has 0 bridgehead atoms. The number of rotatable bonds is 6. The summed E-state index contributed by atoms with van der Waals surface area (Å²) in [4.78, 5) is 3.92. The molecule has 0 radical (unpaired) electrons. The minimum atomic E-state index is -3.01. The fraction of sp³-hybridized carbons (Fsp3) is 0.579. The van der Waals surface area contributed by atoms with E-state index in [1.807, 2.05) is 24.6 Å². The van der Waals surface area contributed by atoms with Crippen LogP contribution in [0.5, 0.6) is 5.75 Å². The normalized spacial score (nSPS) is 26.3. The predicted molar refractivity (Wildman–Crippen MR) is 95.4 cm³/mol. The van der Waals surface area contributed by atoms with E-state index >= 15 is 0 Å². The van der Waals surface area contributed by atoms with Crippen LogP contribution in [-0.2, 0) is 0 Å². The van der Waals surface area contributed by atoms with E-state index in [1.165, 1.54) is 12.3 Å². The van der Waals surface area contributed by atoms with Crippen molar-refractivity contribution in [3.8, 4) is 17.0 Å². The number of halogens is 4. The lowest BCUT2D eigenvalue weighted by atomic mass is 10.0. The van der Waals surface area contributed by atoms with E-state index in [9.17, 15) is 17.6 Å². The summed E-state index contributed by atoms with van der Waals surface area (Å²) in [5.74, 6) is -2.90. The van der Waals surface area contributed by atoms with Crippen LogP contribution in [0.4, 0.5) is 23.4 Å². The van der Waals surface area contributed by atoms with Gasteiger partial charge in [-0.15, -0.1) is 0 Å². The third-order valence-electron chi connectivity index (χ3n) is 5.91. The van der Waals surface area contributed by atoms with E-state index in [2.05, 4.69) is 14.8 Å². The molecule has 9 heteroatoms. The van der Waals surface area contributed by atoms with Crippen molar-refractivity contribution in [1.82, 2.24) is 14.8 Å². The highest BCUT2D eigenvalue weighted by Crippen LogP contribution is 2.67. The Kier molecular flexibility index (Phi) is 4.50. The van der Waals surface area contributed by atoms with Crippen LogP contribution < -0.4 is 10.5 Å². The molecule has 0 aliphatic heterocycles. The van der Waals surface area contributed by atoms with Gasteiger partial charge in [0, 0.05) is 42.3 Å². The van der Waals surface area contributed by atoms with Crippen molar-refractivity contribution < 1.29 is 22.3 Å². The topological polar surface area (TPSA) is 66.0 Å². The van der Waals surface area contributed by atoms with Gasteiger partial charge in [-0.3, -0.25) is 4.68 Å². The van der Waals surface area contributed by atoms with Crippen LogP contribution in [0.3, 0.4) is 0 Å². The molecule has 2 aliphatic carbocycles. The summed E-state index contributed by atoms with van der Waals surface area (Å²) >= 11 is 0. The first-order valence-corrected chi connectivity index (χ1v) is 9.38. The zero-order chi connectivity index (χ0) is 20.2. The van der Waals surface area contributed by atoms with E-state index in [-0.39, 0.29) is 48.2 Å². The molecule has 0 aromatic carbocycles. The average Bonchev–Trinajstić information content (AvgIpc) is 2.96. The molecule has 4 rings (SSSR count). The van der Waals surface area contributed by atoms with Gasteiger partial charge < -0.3 is 10.5 Å². The summed E-state index contributed by atoms with van der Waals surface area (Å²) in [6, 6.07) is 3.32. The summed E-state index contributed by atoms with van der Waals surface area (Å²) in [7, 11) is 0. The Morgan fingerprint density at radius 2 is 1.96 bits per heavy atom. The maximum atomic E-state index is 13.6. The number of ether oxygens (including phenoxy) is 1. The van der Waals surface area contributed by atoms with Gasteiger partial charge in [0.15, 0.2) is 11.6 Å². The first-order chi connectivity index (χ1) is 13.2. The molecule has 3 atom stereocenters. The van der Waals surface area contributed by atoms with Crippen LogP contribution in [0.1, 0.15) is 50.8 Å². The summed E-state index contributed by atoms with van der Waals surface area (Å²) in [5, 5.41) is 4.63. The minimum Gasteiger partial charge on any atom is -0.431 e. The highest BCUT2D eigenvalue weighted by Gasteiger charge is 2.64. The van der Waals surface area contributed by atoms with Gasteiger partial charge in [-0.1, -0.05) is 6.92 Å². The molecule has 0 amide bonds. The Morgan fingerprint density at radius 3 is 2.57 bits per heavy atom. The van der Waals surface area contributed by atoms with E-state index in [4.69, 9.17) is 5.73 Å². The number of hydrogen-bond donors (Lipinski definition) is 1. The molecule has 2 N–H and O–H groups in total. The van der Waals surface area contributed by atoms with Crippen LogP contribution in [0.25, 0.3) is 11.3 Å². The molecule has 152 valence electrons. The molecule has 3 unspecified atom stereocenters. The molecular weight excluding hydrogens is 376 g/mol. The zero-order valence-corrected chi connectivity index (χ0v) is 15.6. The lowest BCUT2D eigenvalue weighted by Crippen LogP contribution is -2.16. The number of alkyl halides is 4. The van der Waals surface area contributed by atoms with Crippen LogP contribution in [0.2, 0.25) is 0 Å². The molecule has 2 heterocycles. The molecule has 2 aliphatic rings. The number of fused-ring (bicyclic) bond motifs is 1. The van der Waals surface area contributed by atoms with Gasteiger partial charge in [-0.2, -0.15) is 13.9 Å². The number of nitrogens with zero attached hydrogens (tertiary/aromatic N) is 3. The number of aromatic nitrogens is 3. The highest BCUT2D eigenvalue weighted by molar-refractivity contribution is 5.64. The van der Waals surface area contributed by atoms with Gasteiger partial charge in [0.2, 0.25) is 5.92 Å². The van der Waals surface area contributed by atoms with Gasteiger partial charge in [0.05, 0.1) is 5.69 Å². The fourth-order valence-electron chi connectivity index (χ4n) is 4.32. The third-order valence-corrected chi connectivity index (χ3v) is 5.91. The van der Waals surface area contributed by atoms with Gasteiger partial charge in [-0.05, 0) is 37.3 Å². The molecule has 2 saturated carbocycles. The van der Waals surface area contributed by atoms with Gasteiger partial charge in [0.25, 0.3) is 0 Å². The van der Waals surface area contributed by atoms with Crippen LogP contribution in [0, 0.1) is 11.8 Å². The van der Waals surface area contributed by atoms with E-state index in [1.54, 1.807) is 0 Å². The standard InChI is InChI=1S/C19H22F4N4O/c1-3-9(2)27-14(16-11-6-19(22,23)7-12(11)16)5-13(26-27)10-4-15(28-18(20)21)17(24)25-8-10/h4-5,8-9,11-12,16,18H,3,6-7H2,1-2H3,(H2,24,25). The van der Waals surface area contributed by atoms with Crippen LogP contribution >= 0.6 is 0 Å². The quantitative estimate of drug-likeness (QED) is 0.706. The maximum absolute atomic E-state index is 13.6. The van der Waals surface area contributed by atoms with Crippen molar-refractivity contribution in [2.24, 2.45) is 11.8 Å². The second-order valence-electron chi connectivity index (χ2n) is 7.76. The molecule has 2 aromatic rings. The minimum absolute atomic E-state index is 0.0235. The Hall–Kier alpha value is -2.32. The largest absolute Gasteiger partial charge is 0.431 e. The van der Waals surface area contributed by atoms with Gasteiger partial charge in [-0.25, -0.2) is 13.8 Å². The maximum Gasteiger partial charge on any atom is 0.387 e. The second kappa shape index (κ2) is 6.63. The Labute approximate surface area is 159 Å². The second-order valence-corrected chi connectivity index (χ2v) is 7.76. The van der Waals surface area contributed by atoms with Crippen molar-refractivity contribution in [3.63, 3.8) is 0 Å². The molecule has 2 fully saturated rings.